The largest absolute Gasteiger partial charge is 0.327 e. The Morgan fingerprint density at radius 2 is 2.00 bits per heavy atom. The van der Waals surface area contributed by atoms with Crippen molar-refractivity contribution in [2.45, 2.75) is 19.4 Å². The molecular weight excluding hydrogens is 285 g/mol. The molecule has 0 aromatic heterocycles. The van der Waals surface area contributed by atoms with Crippen molar-refractivity contribution in [3.8, 4) is 0 Å². The minimum Gasteiger partial charge on any atom is -0.327 e. The van der Waals surface area contributed by atoms with Crippen LogP contribution in [-0.4, -0.2) is 6.04 Å². The van der Waals surface area contributed by atoms with Crippen molar-refractivity contribution in [1.82, 2.24) is 0 Å². The van der Waals surface area contributed by atoms with E-state index in [1.54, 1.807) is 0 Å². The molecular formula is C12H14IN. The lowest BCUT2D eigenvalue weighted by Crippen LogP contribution is -2.02. The second kappa shape index (κ2) is 4.03. The van der Waals surface area contributed by atoms with Gasteiger partial charge in [-0.05, 0) is 59.5 Å². The first-order chi connectivity index (χ1) is 6.66. The second-order valence-electron chi connectivity index (χ2n) is 3.95. The van der Waals surface area contributed by atoms with Gasteiger partial charge < -0.3 is 5.73 Å². The van der Waals surface area contributed by atoms with Gasteiger partial charge in [-0.25, -0.2) is 0 Å². The van der Waals surface area contributed by atoms with Crippen molar-refractivity contribution in [3.05, 3.63) is 39.0 Å². The summed E-state index contributed by atoms with van der Waals surface area (Å²) in [5.41, 5.74) is 8.50. The molecule has 2 heteroatoms. The van der Waals surface area contributed by atoms with Crippen molar-refractivity contribution < 1.29 is 0 Å². The maximum atomic E-state index is 5.80. The Kier molecular flexibility index (Phi) is 2.93. The molecule has 1 nitrogen and oxygen atoms in total. The Balaban J connectivity index is 2.12. The minimum absolute atomic E-state index is 0.412. The molecule has 1 aliphatic carbocycles. The fourth-order valence-electron chi connectivity index (χ4n) is 1.67. The highest BCUT2D eigenvalue weighted by molar-refractivity contribution is 14.1. The molecule has 1 unspecified atom stereocenters. The van der Waals surface area contributed by atoms with Gasteiger partial charge in [-0.15, -0.1) is 0 Å². The van der Waals surface area contributed by atoms with Gasteiger partial charge in [0.2, 0.25) is 0 Å². The monoisotopic (exact) mass is 299 g/mol. The summed E-state index contributed by atoms with van der Waals surface area (Å²) < 4.78 is 1.28. The predicted octanol–water partition coefficient (Wildman–Crippen LogP) is 3.04. The van der Waals surface area contributed by atoms with E-state index in [-0.39, 0.29) is 0 Å². The summed E-state index contributed by atoms with van der Waals surface area (Å²) in [5.74, 6) is 0.634. The van der Waals surface area contributed by atoms with Crippen molar-refractivity contribution in [3.63, 3.8) is 0 Å². The van der Waals surface area contributed by atoms with Crippen LogP contribution in [0.3, 0.4) is 0 Å². The first kappa shape index (κ1) is 10.2. The fourth-order valence-corrected chi connectivity index (χ4v) is 2.03. The molecule has 1 aromatic rings. The zero-order valence-electron chi connectivity index (χ0n) is 8.20. The molecule has 1 aromatic carbocycles. The van der Waals surface area contributed by atoms with Crippen LogP contribution in [0.15, 0.2) is 29.8 Å². The Hall–Kier alpha value is -0.350. The van der Waals surface area contributed by atoms with E-state index in [4.69, 9.17) is 5.73 Å². The first-order valence-electron chi connectivity index (χ1n) is 4.86. The van der Waals surface area contributed by atoms with E-state index in [1.807, 2.05) is 0 Å². The molecule has 0 saturated heterocycles. The molecule has 74 valence electrons. The number of rotatable bonds is 2. The van der Waals surface area contributed by atoms with Crippen molar-refractivity contribution in [1.29, 1.82) is 0 Å². The number of halogens is 1. The molecule has 14 heavy (non-hydrogen) atoms. The van der Waals surface area contributed by atoms with E-state index in [1.165, 1.54) is 14.7 Å². The van der Waals surface area contributed by atoms with Gasteiger partial charge >= 0.3 is 0 Å². The van der Waals surface area contributed by atoms with E-state index < -0.39 is 0 Å². The van der Waals surface area contributed by atoms with Gasteiger partial charge in [0, 0.05) is 9.61 Å². The number of hydrogen-bond donors (Lipinski definition) is 1. The molecule has 0 radical (unpaired) electrons. The lowest BCUT2D eigenvalue weighted by Gasteiger charge is -1.99. The molecule has 1 saturated carbocycles. The zero-order valence-corrected chi connectivity index (χ0v) is 10.4. The maximum absolute atomic E-state index is 5.80. The summed E-state index contributed by atoms with van der Waals surface area (Å²) in [7, 11) is 0. The van der Waals surface area contributed by atoms with Crippen LogP contribution in [0.2, 0.25) is 0 Å². The number of hydrogen-bond acceptors (Lipinski definition) is 1. The van der Waals surface area contributed by atoms with Crippen LogP contribution in [-0.2, 0) is 0 Å². The number of nitrogens with two attached hydrogens (primary N) is 1. The fraction of sp³-hybridized carbons (Fsp3) is 0.333. The third kappa shape index (κ3) is 2.36. The van der Waals surface area contributed by atoms with Crippen LogP contribution in [0.5, 0.6) is 0 Å². The van der Waals surface area contributed by atoms with Gasteiger partial charge in [0.25, 0.3) is 0 Å². The van der Waals surface area contributed by atoms with Gasteiger partial charge in [-0.2, -0.15) is 0 Å². The molecule has 0 aliphatic heterocycles. The SMILES string of the molecule is CC(=Cc1ccc(I)cc1)[C@@H]1CC1N. The summed E-state index contributed by atoms with van der Waals surface area (Å²) >= 11 is 2.32. The molecule has 2 rings (SSSR count). The van der Waals surface area contributed by atoms with Crippen molar-refractivity contribution in [2.75, 3.05) is 0 Å². The molecule has 0 bridgehead atoms. The smallest absolute Gasteiger partial charge is 0.0130 e. The lowest BCUT2D eigenvalue weighted by atomic mass is 10.1. The molecule has 0 heterocycles. The molecule has 2 N–H and O–H groups in total. The van der Waals surface area contributed by atoms with Gasteiger partial charge in [-0.3, -0.25) is 0 Å². The Labute approximate surface area is 98.5 Å². The predicted molar refractivity (Wildman–Crippen MR) is 68.9 cm³/mol. The second-order valence-corrected chi connectivity index (χ2v) is 5.19. The molecule has 1 aliphatic rings. The van der Waals surface area contributed by atoms with Crippen LogP contribution in [0.1, 0.15) is 18.9 Å². The zero-order chi connectivity index (χ0) is 10.1. The van der Waals surface area contributed by atoms with Crippen LogP contribution >= 0.6 is 22.6 Å². The van der Waals surface area contributed by atoms with Gasteiger partial charge in [0.05, 0.1) is 0 Å². The quantitative estimate of drug-likeness (QED) is 0.835. The average molecular weight is 299 g/mol. The summed E-state index contributed by atoms with van der Waals surface area (Å²) in [6.07, 6.45) is 3.40. The minimum atomic E-state index is 0.412. The van der Waals surface area contributed by atoms with E-state index in [0.717, 1.165) is 6.42 Å². The highest BCUT2D eigenvalue weighted by atomic mass is 127. The van der Waals surface area contributed by atoms with E-state index in [0.29, 0.717) is 12.0 Å². The highest BCUT2D eigenvalue weighted by Crippen LogP contribution is 2.35. The normalized spacial score (nSPS) is 26.4. The summed E-state index contributed by atoms with van der Waals surface area (Å²) in [6, 6.07) is 8.98. The van der Waals surface area contributed by atoms with Gasteiger partial charge in [0.1, 0.15) is 0 Å². The van der Waals surface area contributed by atoms with E-state index in [2.05, 4.69) is 59.9 Å². The van der Waals surface area contributed by atoms with Gasteiger partial charge in [-0.1, -0.05) is 23.8 Å². The summed E-state index contributed by atoms with van der Waals surface area (Å²) in [4.78, 5) is 0. The molecule has 1 fully saturated rings. The van der Waals surface area contributed by atoms with Crippen LogP contribution in [0.4, 0.5) is 0 Å². The van der Waals surface area contributed by atoms with Crippen molar-refractivity contribution in [2.24, 2.45) is 11.7 Å². The van der Waals surface area contributed by atoms with Crippen LogP contribution < -0.4 is 5.73 Å². The summed E-state index contributed by atoms with van der Waals surface area (Å²) in [6.45, 7) is 2.18. The third-order valence-corrected chi connectivity index (χ3v) is 3.41. The standard InChI is InChI=1S/C12H14IN/c1-8(11-7-12(11)14)6-9-2-4-10(13)5-3-9/h2-6,11-12H,7,14H2,1H3/t11-,12?/m0/s1. The topological polar surface area (TPSA) is 26.0 Å². The van der Waals surface area contributed by atoms with Crippen molar-refractivity contribution >= 4 is 28.7 Å². The Morgan fingerprint density at radius 1 is 1.43 bits per heavy atom. The van der Waals surface area contributed by atoms with Gasteiger partial charge in [0.15, 0.2) is 0 Å². The third-order valence-electron chi connectivity index (χ3n) is 2.69. The Bertz CT molecular complexity index is 353. The van der Waals surface area contributed by atoms with Crippen LogP contribution in [0, 0.1) is 9.49 Å². The van der Waals surface area contributed by atoms with E-state index >= 15 is 0 Å². The first-order valence-corrected chi connectivity index (χ1v) is 5.94. The molecule has 0 spiro atoms. The summed E-state index contributed by atoms with van der Waals surface area (Å²) in [5, 5.41) is 0. The van der Waals surface area contributed by atoms with Crippen LogP contribution in [0.25, 0.3) is 6.08 Å². The molecule has 2 atom stereocenters. The number of benzene rings is 1. The average Bonchev–Trinajstić information content (AvgIpc) is 2.87. The highest BCUT2D eigenvalue weighted by Gasteiger charge is 2.34. The molecule has 0 amide bonds. The Morgan fingerprint density at radius 3 is 2.50 bits per heavy atom. The van der Waals surface area contributed by atoms with E-state index in [9.17, 15) is 0 Å². The lowest BCUT2D eigenvalue weighted by molar-refractivity contribution is 0.924. The maximum Gasteiger partial charge on any atom is 0.0130 e.